The van der Waals surface area contributed by atoms with Crippen molar-refractivity contribution in [3.63, 3.8) is 0 Å². The van der Waals surface area contributed by atoms with Gasteiger partial charge in [0, 0.05) is 24.0 Å². The fraction of sp³-hybridized carbons (Fsp3) is 0.231. The Morgan fingerprint density at radius 2 is 2.00 bits per heavy atom. The standard InChI is InChI=1S/C26H22ClF2N5O3/c27-18-12-20(25(32-15-18)34-22-10-8-16(13-30)14-31-22)33-23(35)11-9-17-4-3-7-21(37-26(28)29)24(17)36-19-5-1-2-6-19/h3-4,7-12,14-15,19,26H,1-2,5-6H2,(H,33,35)(H,31,32,34)/b11-9+. The van der Waals surface area contributed by atoms with E-state index in [0.717, 1.165) is 25.7 Å². The number of carbonyl (C=O) groups is 1. The summed E-state index contributed by atoms with van der Waals surface area (Å²) in [5.74, 6) is 0.236. The second-order valence-electron chi connectivity index (χ2n) is 8.12. The first kappa shape index (κ1) is 25.9. The summed E-state index contributed by atoms with van der Waals surface area (Å²) in [6, 6.07) is 11.3. The first-order valence-corrected chi connectivity index (χ1v) is 11.8. The third-order valence-electron chi connectivity index (χ3n) is 5.48. The van der Waals surface area contributed by atoms with Crippen LogP contribution in [0, 0.1) is 11.3 Å². The van der Waals surface area contributed by atoms with Gasteiger partial charge in [-0.2, -0.15) is 14.0 Å². The van der Waals surface area contributed by atoms with E-state index in [1.807, 2.05) is 6.07 Å². The maximum Gasteiger partial charge on any atom is 0.387 e. The van der Waals surface area contributed by atoms with Crippen LogP contribution in [-0.4, -0.2) is 28.6 Å². The Labute approximate surface area is 216 Å². The number of carbonyl (C=O) groups excluding carboxylic acids is 1. The number of aromatic nitrogens is 2. The van der Waals surface area contributed by atoms with Crippen LogP contribution in [0.5, 0.6) is 11.5 Å². The van der Waals surface area contributed by atoms with Gasteiger partial charge < -0.3 is 20.1 Å². The van der Waals surface area contributed by atoms with E-state index in [0.29, 0.717) is 22.0 Å². The molecule has 190 valence electrons. The normalized spacial score (nSPS) is 13.5. The molecule has 1 amide bonds. The molecule has 1 saturated carbocycles. The zero-order chi connectivity index (χ0) is 26.2. The van der Waals surface area contributed by atoms with Gasteiger partial charge in [-0.3, -0.25) is 4.79 Å². The molecular weight excluding hydrogens is 504 g/mol. The number of hydrogen-bond donors (Lipinski definition) is 2. The molecule has 1 fully saturated rings. The Hall–Kier alpha value is -4.23. The van der Waals surface area contributed by atoms with E-state index in [9.17, 15) is 13.6 Å². The van der Waals surface area contributed by atoms with Gasteiger partial charge in [-0.15, -0.1) is 0 Å². The third kappa shape index (κ3) is 7.15. The predicted octanol–water partition coefficient (Wildman–Crippen LogP) is 6.32. The Morgan fingerprint density at radius 3 is 2.70 bits per heavy atom. The molecule has 2 aromatic heterocycles. The second kappa shape index (κ2) is 12.1. The first-order chi connectivity index (χ1) is 17.9. The molecule has 0 aliphatic heterocycles. The number of rotatable bonds is 9. The fourth-order valence-corrected chi connectivity index (χ4v) is 3.94. The Morgan fingerprint density at radius 1 is 1.19 bits per heavy atom. The zero-order valence-electron chi connectivity index (χ0n) is 19.5. The molecule has 0 unspecified atom stereocenters. The molecule has 8 nitrogen and oxygen atoms in total. The maximum absolute atomic E-state index is 13.0. The zero-order valence-corrected chi connectivity index (χ0v) is 20.2. The summed E-state index contributed by atoms with van der Waals surface area (Å²) in [4.78, 5) is 21.1. The molecule has 0 spiro atoms. The number of nitriles is 1. The number of hydrogen-bond acceptors (Lipinski definition) is 7. The van der Waals surface area contributed by atoms with Crippen molar-refractivity contribution in [2.75, 3.05) is 10.6 Å². The van der Waals surface area contributed by atoms with Crippen molar-refractivity contribution < 1.29 is 23.0 Å². The molecule has 4 rings (SSSR count). The van der Waals surface area contributed by atoms with Gasteiger partial charge in [0.2, 0.25) is 5.91 Å². The largest absolute Gasteiger partial charge is 0.486 e. The molecule has 1 aliphatic carbocycles. The van der Waals surface area contributed by atoms with Crippen LogP contribution in [0.15, 0.2) is 54.9 Å². The molecular formula is C26H22ClF2N5O3. The highest BCUT2D eigenvalue weighted by Crippen LogP contribution is 2.36. The van der Waals surface area contributed by atoms with Crippen LogP contribution in [0.2, 0.25) is 5.02 Å². The number of halogens is 3. The molecule has 0 radical (unpaired) electrons. The molecule has 0 bridgehead atoms. The summed E-state index contributed by atoms with van der Waals surface area (Å²) in [6.45, 7) is -3.01. The number of ether oxygens (including phenoxy) is 2. The number of anilines is 3. The van der Waals surface area contributed by atoms with Gasteiger partial charge in [-0.1, -0.05) is 23.7 Å². The summed E-state index contributed by atoms with van der Waals surface area (Å²) < 4.78 is 36.6. The number of amides is 1. The van der Waals surface area contributed by atoms with Crippen molar-refractivity contribution in [2.45, 2.75) is 38.4 Å². The van der Waals surface area contributed by atoms with Crippen molar-refractivity contribution >= 4 is 40.9 Å². The molecule has 1 aromatic carbocycles. The number of benzene rings is 1. The lowest BCUT2D eigenvalue weighted by Gasteiger charge is -2.18. The monoisotopic (exact) mass is 525 g/mol. The lowest BCUT2D eigenvalue weighted by atomic mass is 10.1. The summed E-state index contributed by atoms with van der Waals surface area (Å²) in [7, 11) is 0. The molecule has 0 atom stereocenters. The topological polar surface area (TPSA) is 109 Å². The minimum absolute atomic E-state index is 0.0927. The van der Waals surface area contributed by atoms with Gasteiger partial charge >= 0.3 is 6.61 Å². The summed E-state index contributed by atoms with van der Waals surface area (Å²) in [6.07, 6.45) is 9.03. The van der Waals surface area contributed by atoms with Crippen LogP contribution in [0.1, 0.15) is 36.8 Å². The minimum atomic E-state index is -3.01. The van der Waals surface area contributed by atoms with E-state index in [2.05, 4.69) is 25.3 Å². The first-order valence-electron chi connectivity index (χ1n) is 11.4. The lowest BCUT2D eigenvalue weighted by Crippen LogP contribution is -2.14. The van der Waals surface area contributed by atoms with E-state index < -0.39 is 12.5 Å². The van der Waals surface area contributed by atoms with Gasteiger partial charge in [0.15, 0.2) is 17.3 Å². The van der Waals surface area contributed by atoms with Gasteiger partial charge in [0.05, 0.1) is 22.4 Å². The maximum atomic E-state index is 13.0. The summed E-state index contributed by atoms with van der Waals surface area (Å²) >= 11 is 6.07. The smallest absolute Gasteiger partial charge is 0.387 e. The van der Waals surface area contributed by atoms with Crippen molar-refractivity contribution in [3.05, 3.63) is 71.0 Å². The van der Waals surface area contributed by atoms with E-state index in [1.165, 1.54) is 36.7 Å². The van der Waals surface area contributed by atoms with Gasteiger partial charge in [-0.05, 0) is 56.0 Å². The fourth-order valence-electron chi connectivity index (χ4n) is 3.78. The van der Waals surface area contributed by atoms with Crippen molar-refractivity contribution in [2.24, 2.45) is 0 Å². The van der Waals surface area contributed by atoms with E-state index in [-0.39, 0.29) is 29.1 Å². The Balaban J connectivity index is 1.53. The number of para-hydroxylation sites is 1. The summed E-state index contributed by atoms with van der Waals surface area (Å²) in [5.41, 5.74) is 1.10. The van der Waals surface area contributed by atoms with Crippen LogP contribution in [0.25, 0.3) is 6.08 Å². The van der Waals surface area contributed by atoms with Crippen LogP contribution >= 0.6 is 11.6 Å². The van der Waals surface area contributed by atoms with Crippen molar-refractivity contribution in [3.8, 4) is 17.6 Å². The highest BCUT2D eigenvalue weighted by Gasteiger charge is 2.21. The van der Waals surface area contributed by atoms with E-state index in [4.69, 9.17) is 21.6 Å². The second-order valence-corrected chi connectivity index (χ2v) is 8.55. The lowest BCUT2D eigenvalue weighted by molar-refractivity contribution is -0.111. The Bertz CT molecular complexity index is 1320. The van der Waals surface area contributed by atoms with Crippen LogP contribution in [0.3, 0.4) is 0 Å². The van der Waals surface area contributed by atoms with Gasteiger partial charge in [0.1, 0.15) is 11.9 Å². The predicted molar refractivity (Wildman–Crippen MR) is 135 cm³/mol. The van der Waals surface area contributed by atoms with Gasteiger partial charge in [-0.25, -0.2) is 9.97 Å². The summed E-state index contributed by atoms with van der Waals surface area (Å²) in [5, 5.41) is 14.9. The molecule has 1 aliphatic rings. The average molecular weight is 526 g/mol. The number of nitrogens with one attached hydrogen (secondary N) is 2. The van der Waals surface area contributed by atoms with E-state index in [1.54, 1.807) is 24.3 Å². The minimum Gasteiger partial charge on any atom is -0.486 e. The molecule has 2 heterocycles. The number of pyridine rings is 2. The molecule has 3 aromatic rings. The highest BCUT2D eigenvalue weighted by molar-refractivity contribution is 6.31. The molecule has 2 N–H and O–H groups in total. The third-order valence-corrected chi connectivity index (χ3v) is 5.68. The van der Waals surface area contributed by atoms with Crippen LogP contribution < -0.4 is 20.1 Å². The Kier molecular flexibility index (Phi) is 8.48. The SMILES string of the molecule is N#Cc1ccc(Nc2ncc(Cl)cc2NC(=O)/C=C/c2cccc(OC(F)F)c2OC2CCCC2)nc1. The van der Waals surface area contributed by atoms with Crippen molar-refractivity contribution in [1.82, 2.24) is 9.97 Å². The number of alkyl halides is 2. The molecule has 11 heteroatoms. The quantitative estimate of drug-likeness (QED) is 0.314. The van der Waals surface area contributed by atoms with Gasteiger partial charge in [0.25, 0.3) is 0 Å². The number of nitrogens with zero attached hydrogens (tertiary/aromatic N) is 3. The van der Waals surface area contributed by atoms with E-state index >= 15 is 0 Å². The van der Waals surface area contributed by atoms with Crippen LogP contribution in [0.4, 0.5) is 26.1 Å². The average Bonchev–Trinajstić information content (AvgIpc) is 3.39. The highest BCUT2D eigenvalue weighted by atomic mass is 35.5. The van der Waals surface area contributed by atoms with Crippen LogP contribution in [-0.2, 0) is 4.79 Å². The molecule has 0 saturated heterocycles. The molecule has 37 heavy (non-hydrogen) atoms. The van der Waals surface area contributed by atoms with Crippen molar-refractivity contribution in [1.29, 1.82) is 5.26 Å².